The molecule has 0 unspecified atom stereocenters. The number of hydrogen-bond acceptors (Lipinski definition) is 3. The van der Waals surface area contributed by atoms with Gasteiger partial charge in [0.2, 0.25) is 5.91 Å². The van der Waals surface area contributed by atoms with E-state index in [0.717, 1.165) is 29.0 Å². The Bertz CT molecular complexity index is 830. The highest BCUT2D eigenvalue weighted by Crippen LogP contribution is 2.22. The zero-order valence-electron chi connectivity index (χ0n) is 16.9. The smallest absolute Gasteiger partial charge is 0.226 e. The molecule has 0 atom stereocenters. The number of carbonyl (C=O) groups is 1. The summed E-state index contributed by atoms with van der Waals surface area (Å²) in [5.41, 5.74) is 2.72. The Labute approximate surface area is 194 Å². The third kappa shape index (κ3) is 8.10. The largest absolute Gasteiger partial charge is 0.496 e. The fourth-order valence-corrected chi connectivity index (χ4v) is 2.87. The third-order valence-electron chi connectivity index (χ3n) is 4.29. The number of halogens is 2. The van der Waals surface area contributed by atoms with Gasteiger partial charge in [-0.2, -0.15) is 0 Å². The molecule has 0 bridgehead atoms. The van der Waals surface area contributed by atoms with E-state index in [-0.39, 0.29) is 29.9 Å². The molecule has 158 valence electrons. The van der Waals surface area contributed by atoms with Gasteiger partial charge in [0, 0.05) is 37.3 Å². The van der Waals surface area contributed by atoms with Crippen molar-refractivity contribution in [1.29, 1.82) is 0 Å². The predicted molar refractivity (Wildman–Crippen MR) is 131 cm³/mol. The normalized spacial score (nSPS) is 10.7. The summed E-state index contributed by atoms with van der Waals surface area (Å²) in [6, 6.07) is 13.4. The molecule has 1 amide bonds. The van der Waals surface area contributed by atoms with Crippen molar-refractivity contribution in [3.8, 4) is 5.75 Å². The molecule has 0 aliphatic heterocycles. The molecule has 0 heterocycles. The number of carbonyl (C=O) groups excluding carboxylic acids is 1. The molecular weight excluding hydrogens is 503 g/mol. The summed E-state index contributed by atoms with van der Waals surface area (Å²) in [5, 5.41) is 9.91. The summed E-state index contributed by atoms with van der Waals surface area (Å²) in [5.74, 6) is 1.45. The SMILES string of the molecule is CN=C(NCCC(=O)Nc1cccc(Cl)c1C)NCCc1ccccc1OC.I. The van der Waals surface area contributed by atoms with E-state index in [9.17, 15) is 4.79 Å². The topological polar surface area (TPSA) is 74.8 Å². The summed E-state index contributed by atoms with van der Waals surface area (Å²) in [6.07, 6.45) is 1.12. The average Bonchev–Trinajstić information content (AvgIpc) is 2.70. The number of aliphatic imine (C=N–C) groups is 1. The van der Waals surface area contributed by atoms with Crippen LogP contribution in [0.25, 0.3) is 0 Å². The maximum absolute atomic E-state index is 12.1. The van der Waals surface area contributed by atoms with Crippen LogP contribution in [-0.4, -0.2) is 39.1 Å². The molecular formula is C21H28ClIN4O2. The van der Waals surface area contributed by atoms with Crippen LogP contribution in [0.4, 0.5) is 5.69 Å². The molecule has 29 heavy (non-hydrogen) atoms. The molecule has 0 saturated carbocycles. The number of para-hydroxylation sites is 1. The molecule has 3 N–H and O–H groups in total. The lowest BCUT2D eigenvalue weighted by molar-refractivity contribution is -0.116. The van der Waals surface area contributed by atoms with Gasteiger partial charge in [-0.05, 0) is 42.7 Å². The fourth-order valence-electron chi connectivity index (χ4n) is 2.70. The van der Waals surface area contributed by atoms with Gasteiger partial charge in [-0.3, -0.25) is 9.79 Å². The van der Waals surface area contributed by atoms with Crippen molar-refractivity contribution in [3.63, 3.8) is 0 Å². The summed E-state index contributed by atoms with van der Waals surface area (Å²) in [7, 11) is 3.37. The second-order valence-corrected chi connectivity index (χ2v) is 6.61. The molecule has 0 aliphatic rings. The number of guanidine groups is 1. The standard InChI is InChI=1S/C21H27ClN4O2.HI/c1-15-17(22)8-6-9-18(15)26-20(27)12-14-25-21(23-2)24-13-11-16-7-4-5-10-19(16)28-3;/h4-10H,11-14H2,1-3H3,(H,26,27)(H2,23,24,25);1H. The van der Waals surface area contributed by atoms with E-state index < -0.39 is 0 Å². The van der Waals surface area contributed by atoms with Gasteiger partial charge in [-0.15, -0.1) is 24.0 Å². The Morgan fingerprint density at radius 3 is 2.55 bits per heavy atom. The van der Waals surface area contributed by atoms with E-state index in [0.29, 0.717) is 30.5 Å². The van der Waals surface area contributed by atoms with Crippen molar-refractivity contribution >= 4 is 53.1 Å². The minimum absolute atomic E-state index is 0. The second kappa shape index (κ2) is 13.3. The van der Waals surface area contributed by atoms with Crippen LogP contribution in [0.5, 0.6) is 5.75 Å². The number of anilines is 1. The first-order valence-corrected chi connectivity index (χ1v) is 9.54. The van der Waals surface area contributed by atoms with Crippen molar-refractivity contribution in [2.75, 3.05) is 32.6 Å². The Balaban J connectivity index is 0.00000420. The average molecular weight is 531 g/mol. The number of methoxy groups -OCH3 is 1. The number of ether oxygens (including phenoxy) is 1. The van der Waals surface area contributed by atoms with Crippen LogP contribution in [0.1, 0.15) is 17.5 Å². The summed E-state index contributed by atoms with van der Waals surface area (Å²) in [4.78, 5) is 16.3. The lowest BCUT2D eigenvalue weighted by Gasteiger charge is -2.13. The third-order valence-corrected chi connectivity index (χ3v) is 4.70. The van der Waals surface area contributed by atoms with Crippen molar-refractivity contribution in [3.05, 3.63) is 58.6 Å². The first-order valence-electron chi connectivity index (χ1n) is 9.16. The van der Waals surface area contributed by atoms with Gasteiger partial charge >= 0.3 is 0 Å². The number of nitrogens with one attached hydrogen (secondary N) is 3. The highest BCUT2D eigenvalue weighted by atomic mass is 127. The van der Waals surface area contributed by atoms with E-state index in [1.54, 1.807) is 20.2 Å². The van der Waals surface area contributed by atoms with E-state index in [2.05, 4.69) is 20.9 Å². The van der Waals surface area contributed by atoms with E-state index >= 15 is 0 Å². The second-order valence-electron chi connectivity index (χ2n) is 6.20. The Morgan fingerprint density at radius 2 is 1.83 bits per heavy atom. The summed E-state index contributed by atoms with van der Waals surface area (Å²) in [6.45, 7) is 3.05. The van der Waals surface area contributed by atoms with Crippen LogP contribution in [0.15, 0.2) is 47.5 Å². The quantitative estimate of drug-likeness (QED) is 0.274. The lowest BCUT2D eigenvalue weighted by atomic mass is 10.1. The van der Waals surface area contributed by atoms with Crippen molar-refractivity contribution < 1.29 is 9.53 Å². The van der Waals surface area contributed by atoms with Gasteiger partial charge in [0.25, 0.3) is 0 Å². The van der Waals surface area contributed by atoms with Crippen LogP contribution in [0.2, 0.25) is 5.02 Å². The maximum atomic E-state index is 12.1. The monoisotopic (exact) mass is 530 g/mol. The lowest BCUT2D eigenvalue weighted by Crippen LogP contribution is -2.39. The molecule has 0 aromatic heterocycles. The minimum atomic E-state index is -0.0812. The van der Waals surface area contributed by atoms with Crippen LogP contribution >= 0.6 is 35.6 Å². The first kappa shape index (κ1) is 25.0. The highest BCUT2D eigenvalue weighted by Gasteiger charge is 2.07. The number of hydrogen-bond donors (Lipinski definition) is 3. The van der Waals surface area contributed by atoms with Crippen LogP contribution in [0.3, 0.4) is 0 Å². The predicted octanol–water partition coefficient (Wildman–Crippen LogP) is 4.01. The van der Waals surface area contributed by atoms with Crippen LogP contribution in [-0.2, 0) is 11.2 Å². The van der Waals surface area contributed by atoms with Crippen molar-refractivity contribution in [2.24, 2.45) is 4.99 Å². The van der Waals surface area contributed by atoms with Gasteiger partial charge in [-0.25, -0.2) is 0 Å². The first-order chi connectivity index (χ1) is 13.5. The minimum Gasteiger partial charge on any atom is -0.496 e. The molecule has 0 radical (unpaired) electrons. The summed E-state index contributed by atoms with van der Waals surface area (Å²) >= 11 is 6.08. The van der Waals surface area contributed by atoms with Gasteiger partial charge in [0.15, 0.2) is 5.96 Å². The van der Waals surface area contributed by atoms with Gasteiger partial charge in [-0.1, -0.05) is 35.9 Å². The molecule has 6 nitrogen and oxygen atoms in total. The molecule has 0 spiro atoms. The van der Waals surface area contributed by atoms with Gasteiger partial charge in [0.1, 0.15) is 5.75 Å². The van der Waals surface area contributed by atoms with Crippen molar-refractivity contribution in [2.45, 2.75) is 19.8 Å². The number of amides is 1. The molecule has 2 aromatic rings. The van der Waals surface area contributed by atoms with E-state index in [1.807, 2.05) is 43.3 Å². The zero-order valence-corrected chi connectivity index (χ0v) is 20.0. The molecule has 0 fully saturated rings. The summed E-state index contributed by atoms with van der Waals surface area (Å²) < 4.78 is 5.36. The number of benzene rings is 2. The molecule has 0 saturated heterocycles. The van der Waals surface area contributed by atoms with Gasteiger partial charge in [0.05, 0.1) is 7.11 Å². The molecule has 2 rings (SSSR count). The molecule has 2 aromatic carbocycles. The van der Waals surface area contributed by atoms with E-state index in [1.165, 1.54) is 0 Å². The number of nitrogens with zero attached hydrogens (tertiary/aromatic N) is 1. The Kier molecular flexibility index (Phi) is 11.5. The fraction of sp³-hybridized carbons (Fsp3) is 0.333. The van der Waals surface area contributed by atoms with Gasteiger partial charge < -0.3 is 20.7 Å². The highest BCUT2D eigenvalue weighted by molar-refractivity contribution is 14.0. The van der Waals surface area contributed by atoms with Crippen LogP contribution < -0.4 is 20.7 Å². The number of rotatable bonds is 8. The zero-order chi connectivity index (χ0) is 20.4. The van der Waals surface area contributed by atoms with Crippen LogP contribution in [0, 0.1) is 6.92 Å². The molecule has 8 heteroatoms. The van der Waals surface area contributed by atoms with Crippen molar-refractivity contribution in [1.82, 2.24) is 10.6 Å². The Morgan fingerprint density at radius 1 is 1.10 bits per heavy atom. The molecule has 0 aliphatic carbocycles. The van der Waals surface area contributed by atoms with E-state index in [4.69, 9.17) is 16.3 Å². The Hall–Kier alpha value is -2.00. The maximum Gasteiger partial charge on any atom is 0.226 e.